The van der Waals surface area contributed by atoms with E-state index in [1.165, 1.54) is 36.8 Å². The summed E-state index contributed by atoms with van der Waals surface area (Å²) in [6.45, 7) is 5.21. The van der Waals surface area contributed by atoms with Gasteiger partial charge < -0.3 is 5.32 Å². The van der Waals surface area contributed by atoms with Crippen LogP contribution >= 0.6 is 0 Å². The molecule has 1 saturated carbocycles. The summed E-state index contributed by atoms with van der Waals surface area (Å²) in [5.74, 6) is 0. The van der Waals surface area contributed by atoms with Gasteiger partial charge in [0.1, 0.15) is 0 Å². The largest absolute Gasteiger partial charge is 0.317 e. The zero-order valence-corrected chi connectivity index (χ0v) is 12.2. The topological polar surface area (TPSA) is 15.3 Å². The maximum atomic E-state index is 4.24. The average molecular weight is 258 g/mol. The van der Waals surface area contributed by atoms with Gasteiger partial charge in [0, 0.05) is 18.6 Å². The summed E-state index contributed by atoms with van der Waals surface area (Å²) in [5, 5.41) is 3.39. The fraction of sp³-hybridized carbons (Fsp3) is 0.529. The number of rotatable bonds is 5. The van der Waals surface area contributed by atoms with Gasteiger partial charge in [-0.25, -0.2) is 0 Å². The van der Waals surface area contributed by atoms with Gasteiger partial charge in [-0.2, -0.15) is 0 Å². The Morgan fingerprint density at radius 3 is 2.42 bits per heavy atom. The van der Waals surface area contributed by atoms with Crippen LogP contribution in [0, 0.1) is 0 Å². The molecule has 0 heterocycles. The second kappa shape index (κ2) is 6.88. The molecule has 1 aromatic rings. The van der Waals surface area contributed by atoms with Crippen molar-refractivity contribution in [1.82, 2.24) is 10.2 Å². The molecule has 0 amide bonds. The van der Waals surface area contributed by atoms with Crippen molar-refractivity contribution in [3.05, 3.63) is 42.5 Å². The summed E-state index contributed by atoms with van der Waals surface area (Å²) >= 11 is 0. The first-order valence-corrected chi connectivity index (χ1v) is 7.31. The maximum absolute atomic E-state index is 4.24. The second-order valence-corrected chi connectivity index (χ2v) is 5.68. The molecule has 0 saturated heterocycles. The van der Waals surface area contributed by atoms with E-state index in [1.54, 1.807) is 0 Å². The fourth-order valence-electron chi connectivity index (χ4n) is 3.00. The zero-order valence-electron chi connectivity index (χ0n) is 12.2. The molecule has 19 heavy (non-hydrogen) atoms. The number of benzene rings is 1. The first-order valence-electron chi connectivity index (χ1n) is 7.31. The van der Waals surface area contributed by atoms with E-state index in [9.17, 15) is 0 Å². The van der Waals surface area contributed by atoms with Crippen LogP contribution < -0.4 is 5.32 Å². The molecule has 0 spiro atoms. The van der Waals surface area contributed by atoms with Crippen molar-refractivity contribution in [2.24, 2.45) is 0 Å². The third-order valence-corrected chi connectivity index (χ3v) is 4.35. The Hall–Kier alpha value is -1.12. The molecule has 2 nitrogen and oxygen atoms in total. The van der Waals surface area contributed by atoms with Gasteiger partial charge >= 0.3 is 0 Å². The Balaban J connectivity index is 1.84. The van der Waals surface area contributed by atoms with Gasteiger partial charge in [-0.15, -0.1) is 0 Å². The van der Waals surface area contributed by atoms with E-state index in [4.69, 9.17) is 0 Å². The van der Waals surface area contributed by atoms with Crippen LogP contribution in [0.15, 0.2) is 36.9 Å². The van der Waals surface area contributed by atoms with E-state index in [0.717, 1.165) is 12.6 Å². The van der Waals surface area contributed by atoms with Crippen molar-refractivity contribution < 1.29 is 0 Å². The van der Waals surface area contributed by atoms with Gasteiger partial charge in [-0.3, -0.25) is 4.90 Å². The van der Waals surface area contributed by atoms with Gasteiger partial charge in [0.2, 0.25) is 0 Å². The minimum absolute atomic E-state index is 0.713. The lowest BCUT2D eigenvalue weighted by molar-refractivity contribution is 0.194. The lowest BCUT2D eigenvalue weighted by atomic mass is 9.90. The lowest BCUT2D eigenvalue weighted by Gasteiger charge is -2.35. The van der Waals surface area contributed by atoms with Crippen LogP contribution in [0.1, 0.15) is 31.2 Å². The Morgan fingerprint density at radius 1 is 1.21 bits per heavy atom. The maximum Gasteiger partial charge on any atom is 0.0233 e. The molecule has 1 aliphatic rings. The van der Waals surface area contributed by atoms with Crippen LogP contribution in [0.3, 0.4) is 0 Å². The van der Waals surface area contributed by atoms with Crippen molar-refractivity contribution in [1.29, 1.82) is 0 Å². The number of hydrogen-bond donors (Lipinski definition) is 1. The zero-order chi connectivity index (χ0) is 13.7. The quantitative estimate of drug-likeness (QED) is 0.872. The normalized spacial score (nSPS) is 23.5. The smallest absolute Gasteiger partial charge is 0.0233 e. The molecule has 0 aliphatic heterocycles. The molecule has 1 aliphatic carbocycles. The number of nitrogens with one attached hydrogen (secondary N) is 1. The Bertz CT molecular complexity index is 391. The summed E-state index contributed by atoms with van der Waals surface area (Å²) in [4.78, 5) is 2.47. The minimum Gasteiger partial charge on any atom is -0.317 e. The molecule has 0 unspecified atom stereocenters. The lowest BCUT2D eigenvalue weighted by Crippen LogP contribution is -2.40. The summed E-state index contributed by atoms with van der Waals surface area (Å²) < 4.78 is 0. The summed E-state index contributed by atoms with van der Waals surface area (Å²) in [5.41, 5.74) is 2.48. The predicted molar refractivity (Wildman–Crippen MR) is 83.2 cm³/mol. The second-order valence-electron chi connectivity index (χ2n) is 5.68. The van der Waals surface area contributed by atoms with Crippen LogP contribution in [0.2, 0.25) is 0 Å². The van der Waals surface area contributed by atoms with Crippen LogP contribution in [0.4, 0.5) is 0 Å². The van der Waals surface area contributed by atoms with E-state index in [-0.39, 0.29) is 0 Å². The molecule has 0 bridgehead atoms. The van der Waals surface area contributed by atoms with Crippen molar-refractivity contribution in [2.45, 2.75) is 37.8 Å². The van der Waals surface area contributed by atoms with E-state index < -0.39 is 0 Å². The van der Waals surface area contributed by atoms with E-state index in [0.29, 0.717) is 6.04 Å². The number of hydrogen-bond acceptors (Lipinski definition) is 2. The van der Waals surface area contributed by atoms with Crippen molar-refractivity contribution in [2.75, 3.05) is 20.6 Å². The standard InChI is InChI=1S/C17H26N2/c1-14(15-7-5-4-6-8-15)13-19(3)17-11-9-16(18-2)10-12-17/h4-8,16-18H,1,9-13H2,2-3H3. The van der Waals surface area contributed by atoms with Gasteiger partial charge in [0.25, 0.3) is 0 Å². The molecule has 1 fully saturated rings. The highest BCUT2D eigenvalue weighted by molar-refractivity contribution is 5.64. The van der Waals surface area contributed by atoms with Crippen LogP contribution in [-0.2, 0) is 0 Å². The van der Waals surface area contributed by atoms with Crippen molar-refractivity contribution >= 4 is 5.57 Å². The molecular weight excluding hydrogens is 232 g/mol. The third-order valence-electron chi connectivity index (χ3n) is 4.35. The monoisotopic (exact) mass is 258 g/mol. The molecule has 104 valence electrons. The predicted octanol–water partition coefficient (Wildman–Crippen LogP) is 3.16. The number of nitrogens with zero attached hydrogens (tertiary/aromatic N) is 1. The van der Waals surface area contributed by atoms with Crippen molar-refractivity contribution in [3.8, 4) is 0 Å². The van der Waals surface area contributed by atoms with Gasteiger partial charge in [0.15, 0.2) is 0 Å². The van der Waals surface area contributed by atoms with Crippen LogP contribution in [-0.4, -0.2) is 37.6 Å². The molecule has 0 aromatic heterocycles. The molecule has 0 atom stereocenters. The first-order chi connectivity index (χ1) is 9.20. The molecule has 2 heteroatoms. The highest BCUT2D eigenvalue weighted by Crippen LogP contribution is 2.24. The van der Waals surface area contributed by atoms with Crippen LogP contribution in [0.5, 0.6) is 0 Å². The van der Waals surface area contributed by atoms with E-state index in [1.807, 2.05) is 0 Å². The fourth-order valence-corrected chi connectivity index (χ4v) is 3.00. The molecule has 0 radical (unpaired) electrons. The SMILES string of the molecule is C=C(CN(C)C1CCC(NC)CC1)c1ccccc1. The molecule has 2 rings (SSSR count). The first kappa shape index (κ1) is 14.3. The Kier molecular flexibility index (Phi) is 5.17. The Labute approximate surface area is 117 Å². The highest BCUT2D eigenvalue weighted by Gasteiger charge is 2.23. The van der Waals surface area contributed by atoms with E-state index >= 15 is 0 Å². The molecule has 1 N–H and O–H groups in total. The number of likely N-dealkylation sites (N-methyl/N-ethyl adjacent to an activating group) is 1. The highest BCUT2D eigenvalue weighted by atomic mass is 15.1. The van der Waals surface area contributed by atoms with Gasteiger partial charge in [0.05, 0.1) is 0 Å². The summed E-state index contributed by atoms with van der Waals surface area (Å²) in [6.07, 6.45) is 5.18. The van der Waals surface area contributed by atoms with E-state index in [2.05, 4.69) is 61.2 Å². The summed E-state index contributed by atoms with van der Waals surface area (Å²) in [7, 11) is 4.31. The van der Waals surface area contributed by atoms with Crippen LogP contribution in [0.25, 0.3) is 5.57 Å². The minimum atomic E-state index is 0.713. The molecular formula is C17H26N2. The summed E-state index contributed by atoms with van der Waals surface area (Å²) in [6, 6.07) is 11.9. The average Bonchev–Trinajstić information content (AvgIpc) is 2.48. The third kappa shape index (κ3) is 3.92. The van der Waals surface area contributed by atoms with Gasteiger partial charge in [-0.1, -0.05) is 36.9 Å². The Morgan fingerprint density at radius 2 is 1.84 bits per heavy atom. The van der Waals surface area contributed by atoms with Gasteiger partial charge in [-0.05, 0) is 50.9 Å². The molecule has 1 aromatic carbocycles. The van der Waals surface area contributed by atoms with Crippen molar-refractivity contribution in [3.63, 3.8) is 0 Å².